The zero-order valence-electron chi connectivity index (χ0n) is 16.1. The topological polar surface area (TPSA) is 64.1 Å². The molecule has 1 heterocycles. The van der Waals surface area contributed by atoms with E-state index in [0.717, 1.165) is 15.7 Å². The molecule has 4 aromatic rings. The number of H-pyrrole nitrogens is 1. The van der Waals surface area contributed by atoms with Crippen LogP contribution >= 0.6 is 11.6 Å². The second-order valence-corrected chi connectivity index (χ2v) is 7.03. The lowest BCUT2D eigenvalue weighted by atomic mass is 10.1. The molecule has 0 atom stereocenters. The predicted molar refractivity (Wildman–Crippen MR) is 118 cm³/mol. The van der Waals surface area contributed by atoms with E-state index in [0.29, 0.717) is 22.2 Å². The molecule has 0 aliphatic carbocycles. The first-order valence-electron chi connectivity index (χ1n) is 9.21. The number of halogens is 1. The van der Waals surface area contributed by atoms with Gasteiger partial charge in [0.25, 0.3) is 5.56 Å². The number of fused-ring (bicyclic) bond motifs is 1. The average molecular weight is 417 g/mol. The normalized spacial score (nSPS) is 10.6. The lowest BCUT2D eigenvalue weighted by Crippen LogP contribution is -2.34. The minimum atomic E-state index is -0.568. The van der Waals surface area contributed by atoms with E-state index in [1.807, 2.05) is 30.3 Å². The Morgan fingerprint density at radius 2 is 1.73 bits per heavy atom. The summed E-state index contributed by atoms with van der Waals surface area (Å²) in [5.74, 6) is 6.09. The Morgan fingerprint density at radius 1 is 0.967 bits per heavy atom. The van der Waals surface area contributed by atoms with Gasteiger partial charge in [0.15, 0.2) is 0 Å². The standard InChI is InChI=1S/C24H17ClN2O3/c1-30-15-18-8-5-9-19-22(18)26-24(29)27(23(19)28)21-13-12-17(14-20(21)25)11-10-16-6-3-2-4-7-16/h2-9,12-14H,15H2,1H3,(H,26,29). The Kier molecular flexibility index (Phi) is 5.53. The summed E-state index contributed by atoms with van der Waals surface area (Å²) in [6.45, 7) is 0.284. The monoisotopic (exact) mass is 416 g/mol. The summed E-state index contributed by atoms with van der Waals surface area (Å²) in [7, 11) is 1.56. The van der Waals surface area contributed by atoms with Crippen LogP contribution in [0.4, 0.5) is 0 Å². The number of benzene rings is 3. The van der Waals surface area contributed by atoms with Crippen molar-refractivity contribution in [3.05, 3.63) is 109 Å². The van der Waals surface area contributed by atoms with Crippen LogP contribution in [0.2, 0.25) is 5.02 Å². The SMILES string of the molecule is COCc1cccc2c(=O)n(-c3ccc(C#Cc4ccccc4)cc3Cl)c(=O)[nH]c12. The largest absolute Gasteiger partial charge is 0.380 e. The molecule has 148 valence electrons. The Morgan fingerprint density at radius 3 is 2.47 bits per heavy atom. The average Bonchev–Trinajstić information content (AvgIpc) is 2.75. The van der Waals surface area contributed by atoms with Crippen molar-refractivity contribution < 1.29 is 4.74 Å². The van der Waals surface area contributed by atoms with Gasteiger partial charge >= 0.3 is 5.69 Å². The van der Waals surface area contributed by atoms with Gasteiger partial charge in [0, 0.05) is 23.8 Å². The van der Waals surface area contributed by atoms with E-state index < -0.39 is 11.2 Å². The number of rotatable bonds is 3. The zero-order valence-corrected chi connectivity index (χ0v) is 16.9. The smallest absolute Gasteiger partial charge is 0.333 e. The van der Waals surface area contributed by atoms with Crippen LogP contribution in [0.1, 0.15) is 16.7 Å². The molecular weight excluding hydrogens is 400 g/mol. The quantitative estimate of drug-likeness (QED) is 0.515. The fourth-order valence-corrected chi connectivity index (χ4v) is 3.49. The van der Waals surface area contributed by atoms with Gasteiger partial charge in [-0.15, -0.1) is 0 Å². The molecule has 0 saturated heterocycles. The predicted octanol–water partition coefficient (Wildman–Crippen LogP) is 3.88. The summed E-state index contributed by atoms with van der Waals surface area (Å²) in [4.78, 5) is 28.6. The number of hydrogen-bond acceptors (Lipinski definition) is 3. The number of para-hydroxylation sites is 1. The van der Waals surface area contributed by atoms with E-state index in [1.165, 1.54) is 0 Å². The number of nitrogens with one attached hydrogen (secondary N) is 1. The Hall–Kier alpha value is -3.59. The highest BCUT2D eigenvalue weighted by Crippen LogP contribution is 2.21. The molecular formula is C24H17ClN2O3. The molecule has 3 aromatic carbocycles. The summed E-state index contributed by atoms with van der Waals surface area (Å²) in [6.07, 6.45) is 0. The molecule has 0 unspecified atom stereocenters. The summed E-state index contributed by atoms with van der Waals surface area (Å²) in [6, 6.07) is 19.8. The Labute approximate surface area is 177 Å². The van der Waals surface area contributed by atoms with Crippen molar-refractivity contribution in [2.24, 2.45) is 0 Å². The number of aromatic amines is 1. The lowest BCUT2D eigenvalue weighted by Gasteiger charge is -2.10. The van der Waals surface area contributed by atoms with Crippen molar-refractivity contribution in [2.75, 3.05) is 7.11 Å². The maximum Gasteiger partial charge on any atom is 0.333 e. The number of hydrogen-bond donors (Lipinski definition) is 1. The molecule has 1 N–H and O–H groups in total. The van der Waals surface area contributed by atoms with Gasteiger partial charge in [-0.3, -0.25) is 4.79 Å². The van der Waals surface area contributed by atoms with E-state index in [-0.39, 0.29) is 11.6 Å². The molecule has 4 rings (SSSR count). The van der Waals surface area contributed by atoms with E-state index >= 15 is 0 Å². The highest BCUT2D eigenvalue weighted by Gasteiger charge is 2.14. The molecule has 0 amide bonds. The molecule has 5 nitrogen and oxygen atoms in total. The Bertz CT molecular complexity index is 1410. The molecule has 0 radical (unpaired) electrons. The van der Waals surface area contributed by atoms with Crippen LogP contribution < -0.4 is 11.2 Å². The number of ether oxygens (including phenoxy) is 1. The summed E-state index contributed by atoms with van der Waals surface area (Å²) >= 11 is 6.42. The third-order valence-corrected chi connectivity index (χ3v) is 4.94. The molecule has 0 bridgehead atoms. The Balaban J connectivity index is 1.80. The molecule has 30 heavy (non-hydrogen) atoms. The highest BCUT2D eigenvalue weighted by molar-refractivity contribution is 6.32. The van der Waals surface area contributed by atoms with Crippen LogP contribution in [-0.2, 0) is 11.3 Å². The number of nitrogens with zero attached hydrogens (tertiary/aromatic N) is 1. The third-order valence-electron chi connectivity index (χ3n) is 4.63. The van der Waals surface area contributed by atoms with Gasteiger partial charge in [0.1, 0.15) is 0 Å². The van der Waals surface area contributed by atoms with E-state index in [2.05, 4.69) is 16.8 Å². The van der Waals surface area contributed by atoms with E-state index in [1.54, 1.807) is 43.5 Å². The van der Waals surface area contributed by atoms with E-state index in [9.17, 15) is 9.59 Å². The lowest BCUT2D eigenvalue weighted by molar-refractivity contribution is 0.186. The maximum atomic E-state index is 13.1. The van der Waals surface area contributed by atoms with Gasteiger partial charge in [-0.2, -0.15) is 0 Å². The van der Waals surface area contributed by atoms with Gasteiger partial charge in [-0.25, -0.2) is 9.36 Å². The van der Waals surface area contributed by atoms with Gasteiger partial charge in [-0.1, -0.05) is 53.8 Å². The maximum absolute atomic E-state index is 13.1. The first kappa shape index (κ1) is 19.7. The molecule has 0 aliphatic rings. The fraction of sp³-hybridized carbons (Fsp3) is 0.0833. The number of methoxy groups -OCH3 is 1. The van der Waals surface area contributed by atoms with Gasteiger partial charge < -0.3 is 9.72 Å². The molecule has 0 spiro atoms. The van der Waals surface area contributed by atoms with Crippen molar-refractivity contribution in [1.82, 2.24) is 9.55 Å². The van der Waals surface area contributed by atoms with Crippen LogP contribution in [0.5, 0.6) is 0 Å². The fourth-order valence-electron chi connectivity index (χ4n) is 3.23. The summed E-state index contributed by atoms with van der Waals surface area (Å²) in [5.41, 5.74) is 2.04. The highest BCUT2D eigenvalue weighted by atomic mass is 35.5. The van der Waals surface area contributed by atoms with Crippen LogP contribution in [0.3, 0.4) is 0 Å². The van der Waals surface area contributed by atoms with Crippen LogP contribution in [-0.4, -0.2) is 16.7 Å². The molecule has 1 aromatic heterocycles. The third kappa shape index (κ3) is 3.79. The van der Waals surface area contributed by atoms with Crippen molar-refractivity contribution in [3.63, 3.8) is 0 Å². The first-order chi connectivity index (χ1) is 14.6. The van der Waals surface area contributed by atoms with Crippen LogP contribution in [0.15, 0.2) is 76.3 Å². The molecule has 0 fully saturated rings. The molecule has 0 saturated carbocycles. The van der Waals surface area contributed by atoms with Crippen molar-refractivity contribution in [1.29, 1.82) is 0 Å². The van der Waals surface area contributed by atoms with Crippen molar-refractivity contribution in [3.8, 4) is 17.5 Å². The zero-order chi connectivity index (χ0) is 21.1. The second-order valence-electron chi connectivity index (χ2n) is 6.63. The second kappa shape index (κ2) is 8.42. The van der Waals surface area contributed by atoms with Crippen molar-refractivity contribution >= 4 is 22.5 Å². The molecule has 6 heteroatoms. The molecule has 0 aliphatic heterocycles. The van der Waals surface area contributed by atoms with Gasteiger partial charge in [0.2, 0.25) is 0 Å². The first-order valence-corrected chi connectivity index (χ1v) is 9.59. The van der Waals surface area contributed by atoms with Crippen LogP contribution in [0, 0.1) is 11.8 Å². The van der Waals surface area contributed by atoms with Gasteiger partial charge in [0.05, 0.1) is 28.2 Å². The van der Waals surface area contributed by atoms with E-state index in [4.69, 9.17) is 16.3 Å². The number of aromatic nitrogens is 2. The summed E-state index contributed by atoms with van der Waals surface area (Å²) < 4.78 is 6.19. The van der Waals surface area contributed by atoms with Gasteiger partial charge in [-0.05, 0) is 36.4 Å². The van der Waals surface area contributed by atoms with Crippen LogP contribution in [0.25, 0.3) is 16.6 Å². The summed E-state index contributed by atoms with van der Waals surface area (Å²) in [5, 5.41) is 0.642. The minimum absolute atomic E-state index is 0.259. The van der Waals surface area contributed by atoms with Crippen molar-refractivity contribution in [2.45, 2.75) is 6.61 Å². The minimum Gasteiger partial charge on any atom is -0.380 e.